The van der Waals surface area contributed by atoms with E-state index in [9.17, 15) is 10.1 Å². The highest BCUT2D eigenvalue weighted by atomic mass is 32.1. The largest absolute Gasteiger partial charge is 0.333 e. The van der Waals surface area contributed by atoms with Crippen molar-refractivity contribution in [2.75, 3.05) is 0 Å². The molecule has 5 nitrogen and oxygen atoms in total. The average molecular weight is 264 g/mol. The molecule has 6 heteroatoms. The molecule has 1 heterocycles. The van der Waals surface area contributed by atoms with Crippen LogP contribution in [0.3, 0.4) is 0 Å². The van der Waals surface area contributed by atoms with E-state index < -0.39 is 5.54 Å². The van der Waals surface area contributed by atoms with Crippen molar-refractivity contribution in [3.63, 3.8) is 0 Å². The number of aryl methyl sites for hydroxylation is 1. The molecule has 1 aliphatic carbocycles. The third kappa shape index (κ3) is 2.67. The number of nitrogens with one attached hydrogen (secondary N) is 1. The summed E-state index contributed by atoms with van der Waals surface area (Å²) in [6.07, 6.45) is 5.74. The average Bonchev–Trinajstić information content (AvgIpc) is 2.66. The van der Waals surface area contributed by atoms with Gasteiger partial charge in [-0.3, -0.25) is 4.79 Å². The van der Waals surface area contributed by atoms with E-state index in [4.69, 9.17) is 0 Å². The first kappa shape index (κ1) is 13.0. The van der Waals surface area contributed by atoms with E-state index in [1.54, 1.807) is 6.92 Å². The summed E-state index contributed by atoms with van der Waals surface area (Å²) in [6, 6.07) is 2.30. The molecule has 0 radical (unpaired) electrons. The molecule has 1 amide bonds. The molecule has 1 aromatic heterocycles. The van der Waals surface area contributed by atoms with Crippen LogP contribution in [0.1, 0.15) is 53.9 Å². The van der Waals surface area contributed by atoms with Gasteiger partial charge in [-0.15, -0.1) is 5.10 Å². The second kappa shape index (κ2) is 5.44. The van der Waals surface area contributed by atoms with Crippen molar-refractivity contribution in [3.05, 3.63) is 10.6 Å². The Balaban J connectivity index is 2.13. The Morgan fingerprint density at radius 1 is 1.39 bits per heavy atom. The summed E-state index contributed by atoms with van der Waals surface area (Å²) in [6.45, 7) is 1.75. The van der Waals surface area contributed by atoms with Gasteiger partial charge in [0, 0.05) is 0 Å². The molecule has 18 heavy (non-hydrogen) atoms. The first-order valence-corrected chi connectivity index (χ1v) is 6.97. The molecule has 1 aliphatic rings. The van der Waals surface area contributed by atoms with Gasteiger partial charge in [0.1, 0.15) is 10.4 Å². The van der Waals surface area contributed by atoms with Crippen LogP contribution in [0, 0.1) is 18.3 Å². The lowest BCUT2D eigenvalue weighted by molar-refractivity contribution is 0.0916. The second-order valence-electron chi connectivity index (χ2n) is 4.75. The third-order valence-electron chi connectivity index (χ3n) is 3.38. The van der Waals surface area contributed by atoms with Gasteiger partial charge >= 0.3 is 0 Å². The summed E-state index contributed by atoms with van der Waals surface area (Å²) in [5.41, 5.74) is -0.0801. The molecule has 1 saturated carbocycles. The maximum Gasteiger partial charge on any atom is 0.266 e. The fraction of sp³-hybridized carbons (Fsp3) is 0.667. The predicted octanol–water partition coefficient (Wildman–Crippen LogP) is 2.19. The number of nitriles is 1. The highest BCUT2D eigenvalue weighted by Gasteiger charge is 2.33. The molecule has 1 N–H and O–H groups in total. The summed E-state index contributed by atoms with van der Waals surface area (Å²) in [4.78, 5) is 12.6. The van der Waals surface area contributed by atoms with Gasteiger partial charge in [0.15, 0.2) is 0 Å². The standard InChI is InChI=1S/C12H16N4OS/c1-9-10(18-16-15-9)11(17)14-12(8-13)6-4-2-3-5-7-12/h2-7H2,1H3,(H,14,17). The maximum atomic E-state index is 12.1. The fourth-order valence-corrected chi connectivity index (χ4v) is 2.86. The highest BCUT2D eigenvalue weighted by molar-refractivity contribution is 7.08. The van der Waals surface area contributed by atoms with Crippen molar-refractivity contribution >= 4 is 17.4 Å². The minimum Gasteiger partial charge on any atom is -0.333 e. The van der Waals surface area contributed by atoms with Gasteiger partial charge in [0.05, 0.1) is 11.8 Å². The number of amides is 1. The topological polar surface area (TPSA) is 78.7 Å². The van der Waals surface area contributed by atoms with Gasteiger partial charge in [-0.2, -0.15) is 5.26 Å². The minimum absolute atomic E-state index is 0.217. The SMILES string of the molecule is Cc1nnsc1C(=O)NC1(C#N)CCCCCC1. The summed E-state index contributed by atoms with van der Waals surface area (Å²) in [5, 5.41) is 16.1. The van der Waals surface area contributed by atoms with Crippen LogP contribution in [0.2, 0.25) is 0 Å². The zero-order valence-electron chi connectivity index (χ0n) is 10.4. The Morgan fingerprint density at radius 3 is 2.56 bits per heavy atom. The fourth-order valence-electron chi connectivity index (χ4n) is 2.31. The molecule has 0 bridgehead atoms. The number of rotatable bonds is 2. The number of carbonyl (C=O) groups excluding carboxylic acids is 1. The zero-order chi connectivity index (χ0) is 13.0. The van der Waals surface area contributed by atoms with Crippen molar-refractivity contribution < 1.29 is 4.79 Å². The van der Waals surface area contributed by atoms with E-state index >= 15 is 0 Å². The molecular formula is C12H16N4OS. The van der Waals surface area contributed by atoms with E-state index in [1.807, 2.05) is 0 Å². The molecule has 0 unspecified atom stereocenters. The van der Waals surface area contributed by atoms with Crippen LogP contribution in [0.25, 0.3) is 0 Å². The molecule has 2 rings (SSSR count). The molecule has 96 valence electrons. The maximum absolute atomic E-state index is 12.1. The first-order valence-electron chi connectivity index (χ1n) is 6.20. The zero-order valence-corrected chi connectivity index (χ0v) is 11.2. The van der Waals surface area contributed by atoms with E-state index in [0.717, 1.165) is 50.1 Å². The normalized spacial score (nSPS) is 18.7. The summed E-state index contributed by atoms with van der Waals surface area (Å²) in [7, 11) is 0. The van der Waals surface area contributed by atoms with Crippen LogP contribution >= 0.6 is 11.5 Å². The van der Waals surface area contributed by atoms with Crippen molar-refractivity contribution in [2.24, 2.45) is 0 Å². The van der Waals surface area contributed by atoms with E-state index in [1.165, 1.54) is 0 Å². The number of carbonyl (C=O) groups is 1. The highest BCUT2D eigenvalue weighted by Crippen LogP contribution is 2.27. The number of hydrogen-bond acceptors (Lipinski definition) is 5. The van der Waals surface area contributed by atoms with Crippen molar-refractivity contribution in [1.82, 2.24) is 14.9 Å². The molecule has 1 fully saturated rings. The quantitative estimate of drug-likeness (QED) is 0.830. The van der Waals surface area contributed by atoms with Gasteiger partial charge in [0.25, 0.3) is 5.91 Å². The Labute approximate surface area is 110 Å². The van der Waals surface area contributed by atoms with Gasteiger partial charge in [-0.05, 0) is 31.3 Å². The molecule has 1 aromatic rings. The van der Waals surface area contributed by atoms with Crippen molar-refractivity contribution in [2.45, 2.75) is 51.0 Å². The lowest BCUT2D eigenvalue weighted by atomic mass is 9.92. The first-order chi connectivity index (χ1) is 8.67. The van der Waals surface area contributed by atoms with E-state index in [0.29, 0.717) is 10.6 Å². The Hall–Kier alpha value is -1.48. The lowest BCUT2D eigenvalue weighted by Gasteiger charge is -2.25. The molecule has 0 spiro atoms. The smallest absolute Gasteiger partial charge is 0.266 e. The number of nitrogens with zero attached hydrogens (tertiary/aromatic N) is 3. The molecule has 0 aliphatic heterocycles. The summed E-state index contributed by atoms with van der Waals surface area (Å²) in [5.74, 6) is -0.217. The van der Waals surface area contributed by atoms with E-state index in [-0.39, 0.29) is 5.91 Å². The lowest BCUT2D eigenvalue weighted by Crippen LogP contribution is -2.47. The summed E-state index contributed by atoms with van der Waals surface area (Å²) >= 11 is 1.08. The minimum atomic E-state index is -0.704. The molecular weight excluding hydrogens is 248 g/mol. The van der Waals surface area contributed by atoms with Gasteiger partial charge in [-0.1, -0.05) is 30.2 Å². The third-order valence-corrected chi connectivity index (χ3v) is 4.21. The number of aromatic nitrogens is 2. The molecule has 0 saturated heterocycles. The van der Waals surface area contributed by atoms with E-state index in [2.05, 4.69) is 21.0 Å². The van der Waals surface area contributed by atoms with Crippen LogP contribution in [-0.2, 0) is 0 Å². The number of hydrogen-bond donors (Lipinski definition) is 1. The Morgan fingerprint density at radius 2 is 2.06 bits per heavy atom. The monoisotopic (exact) mass is 264 g/mol. The van der Waals surface area contributed by atoms with Gasteiger partial charge in [-0.25, -0.2) is 0 Å². The van der Waals surface area contributed by atoms with Gasteiger partial charge in [0.2, 0.25) is 0 Å². The van der Waals surface area contributed by atoms with Crippen LogP contribution in [0.4, 0.5) is 0 Å². The van der Waals surface area contributed by atoms with Gasteiger partial charge < -0.3 is 5.32 Å². The van der Waals surface area contributed by atoms with Crippen molar-refractivity contribution in [1.29, 1.82) is 5.26 Å². The Kier molecular flexibility index (Phi) is 3.92. The summed E-state index contributed by atoms with van der Waals surface area (Å²) < 4.78 is 3.75. The molecule has 0 atom stereocenters. The Bertz CT molecular complexity index is 469. The van der Waals surface area contributed by atoms with Crippen LogP contribution in [0.15, 0.2) is 0 Å². The van der Waals surface area contributed by atoms with Crippen LogP contribution in [-0.4, -0.2) is 21.0 Å². The van der Waals surface area contributed by atoms with Crippen molar-refractivity contribution in [3.8, 4) is 6.07 Å². The van der Waals surface area contributed by atoms with Crippen LogP contribution in [0.5, 0.6) is 0 Å². The van der Waals surface area contributed by atoms with Crippen LogP contribution < -0.4 is 5.32 Å². The second-order valence-corrected chi connectivity index (χ2v) is 5.50. The predicted molar refractivity (Wildman–Crippen MR) is 68.2 cm³/mol. The molecule has 0 aromatic carbocycles.